The fourth-order valence-electron chi connectivity index (χ4n) is 2.66. The van der Waals surface area contributed by atoms with Crippen molar-refractivity contribution >= 4 is 27.5 Å². The van der Waals surface area contributed by atoms with Gasteiger partial charge in [0.25, 0.3) is 0 Å². The van der Waals surface area contributed by atoms with E-state index in [-0.39, 0.29) is 11.5 Å². The molecule has 0 fully saturated rings. The summed E-state index contributed by atoms with van der Waals surface area (Å²) in [6.07, 6.45) is 0. The highest BCUT2D eigenvalue weighted by Gasteiger charge is 2.32. The Bertz CT molecular complexity index is 699. The molecule has 1 atom stereocenters. The summed E-state index contributed by atoms with van der Waals surface area (Å²) in [6, 6.07) is 11.7. The van der Waals surface area contributed by atoms with Crippen molar-refractivity contribution in [2.75, 3.05) is 6.61 Å². The number of nitrogens with two attached hydrogens (primary N) is 1. The lowest BCUT2D eigenvalue weighted by molar-refractivity contribution is 0.291. The van der Waals surface area contributed by atoms with E-state index in [0.717, 1.165) is 21.3 Å². The molecule has 1 heterocycles. The topological polar surface area (TPSA) is 35.2 Å². The van der Waals surface area contributed by atoms with Gasteiger partial charge in [0.05, 0.1) is 12.6 Å². The molecule has 2 aromatic rings. The first-order valence-corrected chi connectivity index (χ1v) is 8.03. The Morgan fingerprint density at radius 3 is 2.76 bits per heavy atom. The third-order valence-electron chi connectivity index (χ3n) is 3.97. The van der Waals surface area contributed by atoms with Crippen LogP contribution in [0.25, 0.3) is 0 Å². The Hall–Kier alpha value is -1.03. The molecule has 1 unspecified atom stereocenters. The van der Waals surface area contributed by atoms with Gasteiger partial charge >= 0.3 is 0 Å². The van der Waals surface area contributed by atoms with Gasteiger partial charge < -0.3 is 10.5 Å². The summed E-state index contributed by atoms with van der Waals surface area (Å²) in [6.45, 7) is 5.08. The highest BCUT2D eigenvalue weighted by atomic mass is 79.9. The van der Waals surface area contributed by atoms with Crippen LogP contribution in [-0.2, 0) is 5.41 Å². The Balaban J connectivity index is 2.03. The van der Waals surface area contributed by atoms with E-state index in [0.29, 0.717) is 11.6 Å². The molecule has 0 saturated heterocycles. The summed E-state index contributed by atoms with van der Waals surface area (Å²) in [5.74, 6) is 0.959. The van der Waals surface area contributed by atoms with E-state index >= 15 is 0 Å². The van der Waals surface area contributed by atoms with E-state index in [1.54, 1.807) is 0 Å². The van der Waals surface area contributed by atoms with Crippen molar-refractivity contribution in [3.8, 4) is 5.75 Å². The minimum absolute atomic E-state index is 0.0244. The van der Waals surface area contributed by atoms with Crippen molar-refractivity contribution in [2.24, 2.45) is 5.73 Å². The fraction of sp³-hybridized carbons (Fsp3) is 0.294. The summed E-state index contributed by atoms with van der Waals surface area (Å²) >= 11 is 9.64. The fourth-order valence-corrected chi connectivity index (χ4v) is 3.34. The predicted octanol–water partition coefficient (Wildman–Crippen LogP) is 4.82. The first-order valence-electron chi connectivity index (χ1n) is 6.86. The van der Waals surface area contributed by atoms with E-state index in [1.807, 2.05) is 30.3 Å². The van der Waals surface area contributed by atoms with Gasteiger partial charge in [-0.2, -0.15) is 0 Å². The second-order valence-corrected chi connectivity index (χ2v) is 7.36. The van der Waals surface area contributed by atoms with Crippen LogP contribution in [0.5, 0.6) is 5.75 Å². The molecular weight excluding hydrogens is 350 g/mol. The third kappa shape index (κ3) is 2.70. The molecule has 1 aliphatic heterocycles. The monoisotopic (exact) mass is 365 g/mol. The molecule has 0 bridgehead atoms. The average molecular weight is 367 g/mol. The molecule has 0 spiro atoms. The van der Waals surface area contributed by atoms with Crippen LogP contribution in [0.15, 0.2) is 40.9 Å². The van der Waals surface area contributed by atoms with Crippen molar-refractivity contribution in [3.63, 3.8) is 0 Å². The molecule has 2 N–H and O–H groups in total. The van der Waals surface area contributed by atoms with Gasteiger partial charge in [-0.25, -0.2) is 0 Å². The Labute approximate surface area is 138 Å². The van der Waals surface area contributed by atoms with Gasteiger partial charge in [0.2, 0.25) is 0 Å². The molecule has 2 nitrogen and oxygen atoms in total. The van der Waals surface area contributed by atoms with Gasteiger partial charge in [0.1, 0.15) is 5.75 Å². The smallest absolute Gasteiger partial charge is 0.123 e. The minimum atomic E-state index is -0.222. The van der Waals surface area contributed by atoms with Crippen LogP contribution < -0.4 is 10.5 Å². The molecule has 4 heteroatoms. The van der Waals surface area contributed by atoms with E-state index in [9.17, 15) is 0 Å². The van der Waals surface area contributed by atoms with Crippen LogP contribution in [0.2, 0.25) is 5.02 Å². The van der Waals surface area contributed by atoms with Crippen LogP contribution in [0.3, 0.4) is 0 Å². The molecule has 0 aromatic heterocycles. The summed E-state index contributed by atoms with van der Waals surface area (Å²) < 4.78 is 6.69. The molecule has 0 radical (unpaired) electrons. The van der Waals surface area contributed by atoms with Gasteiger partial charge in [-0.05, 0) is 41.5 Å². The van der Waals surface area contributed by atoms with E-state index in [2.05, 4.69) is 35.8 Å². The number of ether oxygens (including phenoxy) is 1. The highest BCUT2D eigenvalue weighted by Crippen LogP contribution is 2.40. The van der Waals surface area contributed by atoms with E-state index in [4.69, 9.17) is 22.1 Å². The lowest BCUT2D eigenvalue weighted by Crippen LogP contribution is -2.19. The summed E-state index contributed by atoms with van der Waals surface area (Å²) in [5.41, 5.74) is 9.73. The molecule has 1 aliphatic rings. The number of hydrogen-bond donors (Lipinski definition) is 1. The Morgan fingerprint density at radius 2 is 2.00 bits per heavy atom. The number of rotatable bonds is 2. The van der Waals surface area contributed by atoms with Gasteiger partial charge in [-0.15, -0.1) is 0 Å². The first-order chi connectivity index (χ1) is 9.88. The molecule has 110 valence electrons. The van der Waals surface area contributed by atoms with Gasteiger partial charge in [-0.1, -0.05) is 47.4 Å². The highest BCUT2D eigenvalue weighted by molar-refractivity contribution is 9.10. The summed E-state index contributed by atoms with van der Waals surface area (Å²) in [5, 5.41) is 0.688. The number of halogens is 2. The Morgan fingerprint density at radius 1 is 1.24 bits per heavy atom. The largest absolute Gasteiger partial charge is 0.492 e. The van der Waals surface area contributed by atoms with Crippen LogP contribution in [0.1, 0.15) is 36.6 Å². The lowest BCUT2D eigenvalue weighted by atomic mass is 9.85. The minimum Gasteiger partial charge on any atom is -0.492 e. The van der Waals surface area contributed by atoms with Crippen LogP contribution in [0, 0.1) is 0 Å². The summed E-state index contributed by atoms with van der Waals surface area (Å²) in [4.78, 5) is 0. The van der Waals surface area contributed by atoms with Crippen LogP contribution in [-0.4, -0.2) is 6.61 Å². The maximum absolute atomic E-state index is 6.44. The zero-order valence-electron chi connectivity index (χ0n) is 12.0. The van der Waals surface area contributed by atoms with Gasteiger partial charge in [0.15, 0.2) is 0 Å². The van der Waals surface area contributed by atoms with E-state index in [1.165, 1.54) is 5.56 Å². The number of fused-ring (bicyclic) bond motifs is 1. The average Bonchev–Trinajstić information content (AvgIpc) is 2.76. The van der Waals surface area contributed by atoms with Crippen molar-refractivity contribution in [1.82, 2.24) is 0 Å². The quantitative estimate of drug-likeness (QED) is 0.827. The first kappa shape index (κ1) is 14.9. The zero-order chi connectivity index (χ0) is 15.2. The van der Waals surface area contributed by atoms with Crippen molar-refractivity contribution in [2.45, 2.75) is 25.3 Å². The van der Waals surface area contributed by atoms with Gasteiger partial charge in [0, 0.05) is 20.5 Å². The SMILES string of the molecule is CC1(C)COc2ccc(C(N)c3cc(Cl)ccc3Br)cc21. The molecular formula is C17H17BrClNO. The Kier molecular flexibility index (Phi) is 3.76. The van der Waals surface area contributed by atoms with Crippen LogP contribution >= 0.6 is 27.5 Å². The molecule has 0 amide bonds. The predicted molar refractivity (Wildman–Crippen MR) is 90.1 cm³/mol. The summed E-state index contributed by atoms with van der Waals surface area (Å²) in [7, 11) is 0. The second-order valence-electron chi connectivity index (χ2n) is 6.07. The molecule has 21 heavy (non-hydrogen) atoms. The van der Waals surface area contributed by atoms with E-state index < -0.39 is 0 Å². The zero-order valence-corrected chi connectivity index (χ0v) is 14.3. The maximum Gasteiger partial charge on any atom is 0.123 e. The van der Waals surface area contributed by atoms with Crippen molar-refractivity contribution in [1.29, 1.82) is 0 Å². The molecule has 0 aliphatic carbocycles. The second kappa shape index (κ2) is 5.31. The number of benzene rings is 2. The molecule has 3 rings (SSSR count). The molecule has 2 aromatic carbocycles. The lowest BCUT2D eigenvalue weighted by Gasteiger charge is -2.19. The third-order valence-corrected chi connectivity index (χ3v) is 4.93. The normalized spacial score (nSPS) is 17.2. The van der Waals surface area contributed by atoms with Crippen LogP contribution in [0.4, 0.5) is 0 Å². The maximum atomic E-state index is 6.44. The van der Waals surface area contributed by atoms with Crippen molar-refractivity contribution < 1.29 is 4.74 Å². The molecule has 0 saturated carbocycles. The van der Waals surface area contributed by atoms with Crippen molar-refractivity contribution in [3.05, 3.63) is 62.6 Å². The van der Waals surface area contributed by atoms with Gasteiger partial charge in [-0.3, -0.25) is 0 Å². The standard InChI is InChI=1S/C17H17BrClNO/c1-17(2)9-21-15-6-3-10(7-13(15)17)16(20)12-8-11(19)4-5-14(12)18/h3-8,16H,9,20H2,1-2H3. The number of hydrogen-bond acceptors (Lipinski definition) is 2.